The van der Waals surface area contributed by atoms with Crippen molar-refractivity contribution in [3.8, 4) is 5.75 Å². The van der Waals surface area contributed by atoms with Crippen molar-refractivity contribution in [1.82, 2.24) is 5.32 Å². The van der Waals surface area contributed by atoms with E-state index in [0.717, 1.165) is 38.4 Å². The molecule has 1 saturated heterocycles. The van der Waals surface area contributed by atoms with E-state index in [9.17, 15) is 0 Å². The lowest BCUT2D eigenvalue weighted by Crippen LogP contribution is -2.40. The van der Waals surface area contributed by atoms with Crippen molar-refractivity contribution in [2.45, 2.75) is 12.5 Å². The lowest BCUT2D eigenvalue weighted by molar-refractivity contribution is 0.0250. The number of hydrogen-bond acceptors (Lipinski definition) is 4. The van der Waals surface area contributed by atoms with Crippen LogP contribution in [-0.2, 0) is 4.74 Å². The van der Waals surface area contributed by atoms with E-state index < -0.39 is 0 Å². The Hall–Kier alpha value is -1.26. The first kappa shape index (κ1) is 13.2. The summed E-state index contributed by atoms with van der Waals surface area (Å²) in [4.78, 5) is 2.25. The van der Waals surface area contributed by atoms with Crippen LogP contribution in [0.3, 0.4) is 0 Å². The molecule has 100 valence electrons. The molecule has 1 heterocycles. The Morgan fingerprint density at radius 2 is 2.17 bits per heavy atom. The smallest absolute Gasteiger partial charge is 0.119 e. The molecule has 2 rings (SSSR count). The van der Waals surface area contributed by atoms with Crippen LogP contribution in [0.4, 0.5) is 5.69 Å². The van der Waals surface area contributed by atoms with Crippen LogP contribution in [0, 0.1) is 0 Å². The molecule has 1 aliphatic rings. The number of ether oxygens (including phenoxy) is 2. The molecular weight excluding hydrogens is 228 g/mol. The molecule has 1 atom stereocenters. The van der Waals surface area contributed by atoms with Crippen LogP contribution < -0.4 is 15.0 Å². The maximum absolute atomic E-state index is 5.69. The summed E-state index contributed by atoms with van der Waals surface area (Å²) >= 11 is 0. The number of morpholine rings is 1. The third-order valence-corrected chi connectivity index (χ3v) is 3.30. The molecule has 0 radical (unpaired) electrons. The lowest BCUT2D eigenvalue weighted by atomic mass is 10.2. The Morgan fingerprint density at radius 1 is 1.39 bits per heavy atom. The zero-order valence-electron chi connectivity index (χ0n) is 11.2. The Morgan fingerprint density at radius 3 is 2.78 bits per heavy atom. The van der Waals surface area contributed by atoms with E-state index in [1.165, 1.54) is 5.69 Å². The van der Waals surface area contributed by atoms with Crippen molar-refractivity contribution in [2.24, 2.45) is 0 Å². The normalized spacial score (nSPS) is 19.6. The van der Waals surface area contributed by atoms with Crippen LogP contribution in [0.15, 0.2) is 24.3 Å². The first-order valence-electron chi connectivity index (χ1n) is 6.47. The fraction of sp³-hybridized carbons (Fsp3) is 0.571. The molecule has 0 bridgehead atoms. The van der Waals surface area contributed by atoms with E-state index in [1.807, 2.05) is 12.1 Å². The predicted molar refractivity (Wildman–Crippen MR) is 73.5 cm³/mol. The second-order valence-electron chi connectivity index (χ2n) is 4.61. The highest BCUT2D eigenvalue weighted by atomic mass is 16.5. The van der Waals surface area contributed by atoms with Crippen molar-refractivity contribution in [3.63, 3.8) is 0 Å². The minimum atomic E-state index is 0.347. The molecule has 4 heteroatoms. The van der Waals surface area contributed by atoms with Gasteiger partial charge in [-0.25, -0.2) is 0 Å². The van der Waals surface area contributed by atoms with Crippen molar-refractivity contribution in [1.29, 1.82) is 0 Å². The highest BCUT2D eigenvalue weighted by molar-refractivity contribution is 5.48. The zero-order valence-corrected chi connectivity index (χ0v) is 11.2. The molecule has 0 saturated carbocycles. The minimum Gasteiger partial charge on any atom is -0.497 e. The van der Waals surface area contributed by atoms with Gasteiger partial charge in [0.2, 0.25) is 0 Å². The second-order valence-corrected chi connectivity index (χ2v) is 4.61. The van der Waals surface area contributed by atoms with Gasteiger partial charge < -0.3 is 19.7 Å². The third kappa shape index (κ3) is 3.62. The fourth-order valence-corrected chi connectivity index (χ4v) is 2.11. The van der Waals surface area contributed by atoms with Gasteiger partial charge in [0, 0.05) is 32.4 Å². The summed E-state index contributed by atoms with van der Waals surface area (Å²) < 4.78 is 10.8. The largest absolute Gasteiger partial charge is 0.497 e. The highest BCUT2D eigenvalue weighted by Crippen LogP contribution is 2.18. The average molecular weight is 250 g/mol. The monoisotopic (exact) mass is 250 g/mol. The molecule has 1 fully saturated rings. The van der Waals surface area contributed by atoms with Gasteiger partial charge >= 0.3 is 0 Å². The SMILES string of the molecule is COc1ccc(N(C)CCC2CNCCO2)cc1. The third-order valence-electron chi connectivity index (χ3n) is 3.30. The van der Waals surface area contributed by atoms with Gasteiger partial charge in [-0.3, -0.25) is 0 Å². The number of rotatable bonds is 5. The van der Waals surface area contributed by atoms with Crippen molar-refractivity contribution < 1.29 is 9.47 Å². The molecule has 1 aromatic rings. The number of anilines is 1. The predicted octanol–water partition coefficient (Wildman–Crippen LogP) is 1.51. The molecular formula is C14H22N2O2. The molecule has 1 unspecified atom stereocenters. The summed E-state index contributed by atoms with van der Waals surface area (Å²) in [6.45, 7) is 3.77. The molecule has 1 aliphatic heterocycles. The van der Waals surface area contributed by atoms with E-state index in [0.29, 0.717) is 6.10 Å². The number of nitrogens with one attached hydrogen (secondary N) is 1. The van der Waals surface area contributed by atoms with Crippen LogP contribution in [-0.4, -0.2) is 46.5 Å². The van der Waals surface area contributed by atoms with E-state index in [-0.39, 0.29) is 0 Å². The first-order chi connectivity index (χ1) is 8.79. The van der Waals surface area contributed by atoms with Gasteiger partial charge in [0.25, 0.3) is 0 Å². The summed E-state index contributed by atoms with van der Waals surface area (Å²) in [5.41, 5.74) is 1.21. The maximum Gasteiger partial charge on any atom is 0.119 e. The van der Waals surface area contributed by atoms with E-state index in [4.69, 9.17) is 9.47 Å². The van der Waals surface area contributed by atoms with E-state index >= 15 is 0 Å². The quantitative estimate of drug-likeness (QED) is 0.859. The summed E-state index contributed by atoms with van der Waals surface area (Å²) in [7, 11) is 3.80. The molecule has 0 aliphatic carbocycles. The topological polar surface area (TPSA) is 33.7 Å². The molecule has 18 heavy (non-hydrogen) atoms. The Bertz CT molecular complexity index is 347. The van der Waals surface area contributed by atoms with Crippen molar-refractivity contribution in [2.75, 3.05) is 45.3 Å². The van der Waals surface area contributed by atoms with Gasteiger partial charge in [-0.1, -0.05) is 0 Å². The molecule has 1 N–H and O–H groups in total. The Labute approximate surface area is 109 Å². The summed E-state index contributed by atoms with van der Waals surface area (Å²) in [6.07, 6.45) is 1.40. The van der Waals surface area contributed by atoms with Crippen LogP contribution >= 0.6 is 0 Å². The van der Waals surface area contributed by atoms with E-state index in [2.05, 4.69) is 29.4 Å². The van der Waals surface area contributed by atoms with Crippen LogP contribution in [0.2, 0.25) is 0 Å². The van der Waals surface area contributed by atoms with Gasteiger partial charge in [-0.2, -0.15) is 0 Å². The standard InChI is InChI=1S/C14H22N2O2/c1-16(9-7-14-11-15-8-10-18-14)12-3-5-13(17-2)6-4-12/h3-6,14-15H,7-11H2,1-2H3. The number of hydrogen-bond donors (Lipinski definition) is 1. The van der Waals surface area contributed by atoms with Crippen molar-refractivity contribution >= 4 is 5.69 Å². The molecule has 0 amide bonds. The minimum absolute atomic E-state index is 0.347. The summed E-state index contributed by atoms with van der Waals surface area (Å²) in [6, 6.07) is 8.15. The second kappa shape index (κ2) is 6.61. The van der Waals surface area contributed by atoms with Crippen LogP contribution in [0.1, 0.15) is 6.42 Å². The highest BCUT2D eigenvalue weighted by Gasteiger charge is 2.13. The van der Waals surface area contributed by atoms with Gasteiger partial charge in [-0.15, -0.1) is 0 Å². The van der Waals surface area contributed by atoms with Gasteiger partial charge in [0.1, 0.15) is 5.75 Å². The Balaban J connectivity index is 1.80. The average Bonchev–Trinajstić information content (AvgIpc) is 2.46. The summed E-state index contributed by atoms with van der Waals surface area (Å²) in [5, 5.41) is 3.35. The fourth-order valence-electron chi connectivity index (χ4n) is 2.11. The summed E-state index contributed by atoms with van der Waals surface area (Å²) in [5.74, 6) is 0.895. The number of benzene rings is 1. The zero-order chi connectivity index (χ0) is 12.8. The van der Waals surface area contributed by atoms with Gasteiger partial charge in [0.05, 0.1) is 19.8 Å². The maximum atomic E-state index is 5.69. The van der Waals surface area contributed by atoms with Gasteiger partial charge in [-0.05, 0) is 30.7 Å². The van der Waals surface area contributed by atoms with Crippen LogP contribution in [0.25, 0.3) is 0 Å². The number of nitrogens with zero attached hydrogens (tertiary/aromatic N) is 1. The number of methoxy groups -OCH3 is 1. The lowest BCUT2D eigenvalue weighted by Gasteiger charge is -2.26. The molecule has 0 spiro atoms. The van der Waals surface area contributed by atoms with E-state index in [1.54, 1.807) is 7.11 Å². The van der Waals surface area contributed by atoms with Crippen molar-refractivity contribution in [3.05, 3.63) is 24.3 Å². The Kier molecular flexibility index (Phi) is 4.84. The van der Waals surface area contributed by atoms with Gasteiger partial charge in [0.15, 0.2) is 0 Å². The first-order valence-corrected chi connectivity index (χ1v) is 6.47. The molecule has 4 nitrogen and oxygen atoms in total. The van der Waals surface area contributed by atoms with Crippen LogP contribution in [0.5, 0.6) is 5.75 Å². The molecule has 0 aromatic heterocycles. The molecule has 1 aromatic carbocycles.